The molecule has 0 saturated carbocycles. The summed E-state index contributed by atoms with van der Waals surface area (Å²) < 4.78 is 0. The number of thiophene rings is 1. The average molecular weight is 464 g/mol. The Balaban J connectivity index is 0.00000288. The van der Waals surface area contributed by atoms with Gasteiger partial charge in [-0.1, -0.05) is 0 Å². The van der Waals surface area contributed by atoms with Gasteiger partial charge in [0.15, 0.2) is 5.96 Å². The summed E-state index contributed by atoms with van der Waals surface area (Å²) >= 11 is 1.89. The Morgan fingerprint density at radius 3 is 2.88 bits per heavy atom. The first-order chi connectivity index (χ1) is 11.1. The van der Waals surface area contributed by atoms with E-state index in [2.05, 4.69) is 55.5 Å². The van der Waals surface area contributed by atoms with Gasteiger partial charge in [-0.3, -0.25) is 4.99 Å². The molecule has 2 N–H and O–H groups in total. The first-order valence-electron chi connectivity index (χ1n) is 8.85. The number of hydrogen-bond donors (Lipinski definition) is 2. The van der Waals surface area contributed by atoms with Gasteiger partial charge in [-0.15, -0.1) is 35.3 Å². The molecule has 24 heavy (non-hydrogen) atoms. The van der Waals surface area contributed by atoms with Crippen molar-refractivity contribution in [2.75, 3.05) is 33.2 Å². The molecule has 2 unspecified atom stereocenters. The molecule has 0 spiro atoms. The van der Waals surface area contributed by atoms with Crippen molar-refractivity contribution < 1.29 is 0 Å². The van der Waals surface area contributed by atoms with Crippen molar-refractivity contribution in [3.8, 4) is 0 Å². The number of aliphatic imine (C=N–C) groups is 1. The summed E-state index contributed by atoms with van der Waals surface area (Å²) in [4.78, 5) is 10.1. The standard InChI is InChI=1S/C18H32N4S.HI/c1-5-19-18(20-12-16-7-6-10-22(4)13-16)21-14(2)11-17-9-8-15(3)23-17;/h8-9,14,16H,5-7,10-13H2,1-4H3,(H2,19,20,21);1H. The molecular formula is C18H33IN4S. The third-order valence-corrected chi connectivity index (χ3v) is 5.28. The minimum Gasteiger partial charge on any atom is -0.357 e. The quantitative estimate of drug-likeness (QED) is 0.385. The Labute approximate surface area is 168 Å². The van der Waals surface area contributed by atoms with E-state index in [9.17, 15) is 0 Å². The van der Waals surface area contributed by atoms with Crippen molar-refractivity contribution in [1.82, 2.24) is 15.5 Å². The summed E-state index contributed by atoms with van der Waals surface area (Å²) in [6, 6.07) is 4.82. The fourth-order valence-corrected chi connectivity index (χ4v) is 4.16. The molecule has 1 saturated heterocycles. The van der Waals surface area contributed by atoms with E-state index in [-0.39, 0.29) is 24.0 Å². The van der Waals surface area contributed by atoms with Crippen molar-refractivity contribution in [3.63, 3.8) is 0 Å². The number of nitrogens with zero attached hydrogens (tertiary/aromatic N) is 2. The lowest BCUT2D eigenvalue weighted by Crippen LogP contribution is -2.43. The molecule has 138 valence electrons. The van der Waals surface area contributed by atoms with E-state index in [1.54, 1.807) is 0 Å². The van der Waals surface area contributed by atoms with Crippen LogP contribution in [0.25, 0.3) is 0 Å². The summed E-state index contributed by atoms with van der Waals surface area (Å²) in [7, 11) is 2.21. The lowest BCUT2D eigenvalue weighted by molar-refractivity contribution is 0.214. The van der Waals surface area contributed by atoms with Crippen molar-refractivity contribution >= 4 is 41.3 Å². The average Bonchev–Trinajstić information content (AvgIpc) is 2.90. The molecule has 1 fully saturated rings. The largest absolute Gasteiger partial charge is 0.357 e. The van der Waals surface area contributed by atoms with Crippen LogP contribution in [0.1, 0.15) is 36.4 Å². The highest BCUT2D eigenvalue weighted by atomic mass is 127. The highest BCUT2D eigenvalue weighted by molar-refractivity contribution is 14.0. The Morgan fingerprint density at radius 1 is 1.46 bits per heavy atom. The lowest BCUT2D eigenvalue weighted by atomic mass is 9.99. The smallest absolute Gasteiger partial charge is 0.191 e. The Kier molecular flexibility index (Phi) is 10.2. The summed E-state index contributed by atoms with van der Waals surface area (Å²) in [5, 5.41) is 6.94. The molecule has 2 heterocycles. The second kappa shape index (κ2) is 11.3. The van der Waals surface area contributed by atoms with Crippen molar-refractivity contribution in [2.24, 2.45) is 10.9 Å². The SMILES string of the molecule is CCNC(=NCC1CCCN(C)C1)NC(C)Cc1ccc(C)s1.I. The molecule has 0 aliphatic carbocycles. The molecule has 1 aromatic heterocycles. The molecule has 0 radical (unpaired) electrons. The normalized spacial score (nSPS) is 20.3. The van der Waals surface area contributed by atoms with Crippen LogP contribution in [0.2, 0.25) is 0 Å². The molecule has 1 aromatic rings. The molecule has 1 aliphatic rings. The van der Waals surface area contributed by atoms with Gasteiger partial charge >= 0.3 is 0 Å². The monoisotopic (exact) mass is 464 g/mol. The molecule has 6 heteroatoms. The lowest BCUT2D eigenvalue weighted by Gasteiger charge is -2.28. The van der Waals surface area contributed by atoms with Gasteiger partial charge in [0.25, 0.3) is 0 Å². The van der Waals surface area contributed by atoms with E-state index >= 15 is 0 Å². The first kappa shape index (κ1) is 21.7. The highest BCUT2D eigenvalue weighted by Crippen LogP contribution is 2.17. The van der Waals surface area contributed by atoms with Gasteiger partial charge in [0, 0.05) is 41.9 Å². The van der Waals surface area contributed by atoms with Crippen LogP contribution in [0.5, 0.6) is 0 Å². The molecular weight excluding hydrogens is 431 g/mol. The van der Waals surface area contributed by atoms with Crippen LogP contribution in [0.15, 0.2) is 17.1 Å². The number of likely N-dealkylation sites (tertiary alicyclic amines) is 1. The van der Waals surface area contributed by atoms with E-state index in [0.29, 0.717) is 12.0 Å². The molecule has 2 atom stereocenters. The number of nitrogens with one attached hydrogen (secondary N) is 2. The van der Waals surface area contributed by atoms with Gasteiger partial charge in [-0.2, -0.15) is 0 Å². The number of guanidine groups is 1. The zero-order valence-corrected chi connectivity index (χ0v) is 18.6. The Morgan fingerprint density at radius 2 is 2.25 bits per heavy atom. The topological polar surface area (TPSA) is 39.7 Å². The van der Waals surface area contributed by atoms with Gasteiger partial charge in [0.1, 0.15) is 0 Å². The van der Waals surface area contributed by atoms with Crippen molar-refractivity contribution in [3.05, 3.63) is 21.9 Å². The maximum atomic E-state index is 4.83. The number of hydrogen-bond acceptors (Lipinski definition) is 3. The minimum atomic E-state index is 0. The second-order valence-corrected chi connectivity index (χ2v) is 8.12. The second-order valence-electron chi connectivity index (χ2n) is 6.75. The molecule has 0 aromatic carbocycles. The predicted molar refractivity (Wildman–Crippen MR) is 117 cm³/mol. The van der Waals surface area contributed by atoms with Crippen molar-refractivity contribution in [1.29, 1.82) is 0 Å². The van der Waals surface area contributed by atoms with Gasteiger partial charge in [0.05, 0.1) is 0 Å². The summed E-state index contributed by atoms with van der Waals surface area (Å²) in [5.74, 6) is 1.65. The van der Waals surface area contributed by atoms with E-state index in [1.165, 1.54) is 35.7 Å². The number of piperidine rings is 1. The molecule has 1 aliphatic heterocycles. The highest BCUT2D eigenvalue weighted by Gasteiger charge is 2.17. The summed E-state index contributed by atoms with van der Waals surface area (Å²) in [5.41, 5.74) is 0. The van der Waals surface area contributed by atoms with E-state index in [4.69, 9.17) is 4.99 Å². The van der Waals surface area contributed by atoms with E-state index < -0.39 is 0 Å². The maximum Gasteiger partial charge on any atom is 0.191 e. The fraction of sp³-hybridized carbons (Fsp3) is 0.722. The zero-order chi connectivity index (χ0) is 16.7. The van der Waals surface area contributed by atoms with Gasteiger partial charge in [-0.05, 0) is 65.3 Å². The molecule has 0 bridgehead atoms. The van der Waals surface area contributed by atoms with Crippen molar-refractivity contribution in [2.45, 2.75) is 46.1 Å². The minimum absolute atomic E-state index is 0. The van der Waals surface area contributed by atoms with E-state index in [0.717, 1.165) is 25.5 Å². The molecule has 2 rings (SSSR count). The maximum absolute atomic E-state index is 4.83. The number of halogens is 1. The van der Waals surface area contributed by atoms with Crippen LogP contribution in [-0.4, -0.2) is 50.1 Å². The first-order valence-corrected chi connectivity index (χ1v) is 9.67. The molecule has 4 nitrogen and oxygen atoms in total. The number of aryl methyl sites for hydroxylation is 1. The van der Waals surface area contributed by atoms with Crippen LogP contribution in [-0.2, 0) is 6.42 Å². The molecule has 0 amide bonds. The van der Waals surface area contributed by atoms with Gasteiger partial charge in [0.2, 0.25) is 0 Å². The third kappa shape index (κ3) is 7.70. The van der Waals surface area contributed by atoms with Crippen LogP contribution in [0.3, 0.4) is 0 Å². The van der Waals surface area contributed by atoms with Gasteiger partial charge in [-0.25, -0.2) is 0 Å². The summed E-state index contributed by atoms with van der Waals surface area (Å²) in [6.45, 7) is 10.8. The third-order valence-electron chi connectivity index (χ3n) is 4.26. The van der Waals surface area contributed by atoms with Crippen LogP contribution >= 0.6 is 35.3 Å². The van der Waals surface area contributed by atoms with Crippen LogP contribution in [0, 0.1) is 12.8 Å². The van der Waals surface area contributed by atoms with Crippen LogP contribution < -0.4 is 10.6 Å². The van der Waals surface area contributed by atoms with Gasteiger partial charge < -0.3 is 15.5 Å². The fourth-order valence-electron chi connectivity index (χ4n) is 3.14. The van der Waals surface area contributed by atoms with Crippen LogP contribution in [0.4, 0.5) is 0 Å². The summed E-state index contributed by atoms with van der Waals surface area (Å²) in [6.07, 6.45) is 3.65. The Bertz CT molecular complexity index is 503. The van der Waals surface area contributed by atoms with E-state index in [1.807, 2.05) is 11.3 Å². The number of rotatable bonds is 6. The zero-order valence-electron chi connectivity index (χ0n) is 15.5. The predicted octanol–water partition coefficient (Wildman–Crippen LogP) is 3.50. The Hall–Kier alpha value is -0.340.